The highest BCUT2D eigenvalue weighted by atomic mass is 28.3. The summed E-state index contributed by atoms with van der Waals surface area (Å²) in [6.45, 7) is 6.53. The van der Waals surface area contributed by atoms with Gasteiger partial charge in [0.05, 0.1) is 0 Å². The van der Waals surface area contributed by atoms with Crippen LogP contribution in [-0.2, 0) is 0 Å². The van der Waals surface area contributed by atoms with Crippen molar-refractivity contribution in [1.82, 2.24) is 0 Å². The Bertz CT molecular complexity index is 359. The molecule has 0 fully saturated rings. The van der Waals surface area contributed by atoms with Crippen molar-refractivity contribution in [2.75, 3.05) is 0 Å². The molecule has 0 amide bonds. The molecule has 1 atom stereocenters. The molecule has 2 heteroatoms. The molecular formula is C13H17FSi. The lowest BCUT2D eigenvalue weighted by Crippen LogP contribution is -2.25. The smallest absolute Gasteiger partial charge is 0.132 e. The standard InChI is InChI=1S/C13H17FSi/c1-5-15(3,4)10-11(2)12-6-8-13(14)9-7-12/h1,6-9,11H,10H2,2-4H3. The molecule has 0 spiro atoms. The summed E-state index contributed by atoms with van der Waals surface area (Å²) in [6, 6.07) is 7.77. The van der Waals surface area contributed by atoms with Crippen LogP contribution in [0.5, 0.6) is 0 Å². The van der Waals surface area contributed by atoms with E-state index in [4.69, 9.17) is 6.42 Å². The van der Waals surface area contributed by atoms with Crippen molar-refractivity contribution in [1.29, 1.82) is 0 Å². The Hall–Kier alpha value is -1.07. The Morgan fingerprint density at radius 1 is 1.33 bits per heavy atom. The van der Waals surface area contributed by atoms with Gasteiger partial charge in [0.15, 0.2) is 0 Å². The van der Waals surface area contributed by atoms with Crippen molar-refractivity contribution in [2.24, 2.45) is 0 Å². The van der Waals surface area contributed by atoms with E-state index < -0.39 is 8.07 Å². The zero-order valence-corrected chi connectivity index (χ0v) is 10.5. The maximum Gasteiger partial charge on any atom is 0.132 e. The molecule has 0 aliphatic heterocycles. The van der Waals surface area contributed by atoms with Gasteiger partial charge in [-0.25, -0.2) is 4.39 Å². The van der Waals surface area contributed by atoms with Gasteiger partial charge in [-0.2, -0.15) is 0 Å². The molecule has 0 N–H and O–H groups in total. The average Bonchev–Trinajstić information content (AvgIpc) is 2.18. The van der Waals surface area contributed by atoms with Gasteiger partial charge in [0.2, 0.25) is 0 Å². The minimum atomic E-state index is -1.50. The lowest BCUT2D eigenvalue weighted by molar-refractivity contribution is 0.626. The Kier molecular flexibility index (Phi) is 3.70. The Morgan fingerprint density at radius 2 is 1.87 bits per heavy atom. The zero-order valence-electron chi connectivity index (χ0n) is 9.55. The average molecular weight is 220 g/mol. The van der Waals surface area contributed by atoms with Gasteiger partial charge >= 0.3 is 0 Å². The molecular weight excluding hydrogens is 203 g/mol. The van der Waals surface area contributed by atoms with E-state index >= 15 is 0 Å². The maximum atomic E-state index is 12.7. The summed E-state index contributed by atoms with van der Waals surface area (Å²) in [5.41, 5.74) is 4.09. The maximum absolute atomic E-state index is 12.7. The van der Waals surface area contributed by atoms with Crippen LogP contribution in [0.15, 0.2) is 24.3 Å². The van der Waals surface area contributed by atoms with Gasteiger partial charge in [-0.15, -0.1) is 12.0 Å². The van der Waals surface area contributed by atoms with Gasteiger partial charge in [-0.3, -0.25) is 0 Å². The first kappa shape index (κ1) is 12.0. The monoisotopic (exact) mass is 220 g/mol. The molecule has 0 saturated heterocycles. The highest BCUT2D eigenvalue weighted by Gasteiger charge is 2.21. The first-order valence-corrected chi connectivity index (χ1v) is 8.38. The third kappa shape index (κ3) is 3.52. The number of halogens is 1. The number of hydrogen-bond acceptors (Lipinski definition) is 0. The first-order chi connectivity index (χ1) is 6.94. The first-order valence-electron chi connectivity index (χ1n) is 5.18. The van der Waals surface area contributed by atoms with E-state index in [1.54, 1.807) is 0 Å². The van der Waals surface area contributed by atoms with Crippen LogP contribution in [0.1, 0.15) is 18.4 Å². The van der Waals surface area contributed by atoms with Crippen molar-refractivity contribution in [3.05, 3.63) is 35.6 Å². The molecule has 0 aliphatic carbocycles. The molecule has 0 nitrogen and oxygen atoms in total. The second kappa shape index (κ2) is 4.63. The molecule has 0 saturated carbocycles. The van der Waals surface area contributed by atoms with E-state index in [-0.39, 0.29) is 5.82 Å². The van der Waals surface area contributed by atoms with E-state index in [0.717, 1.165) is 6.04 Å². The fourth-order valence-electron chi connectivity index (χ4n) is 1.73. The zero-order chi connectivity index (χ0) is 11.5. The van der Waals surface area contributed by atoms with Crippen LogP contribution >= 0.6 is 0 Å². The van der Waals surface area contributed by atoms with Crippen LogP contribution in [0.3, 0.4) is 0 Å². The van der Waals surface area contributed by atoms with Gasteiger partial charge in [0.1, 0.15) is 13.9 Å². The molecule has 0 aromatic heterocycles. The van der Waals surface area contributed by atoms with Crippen LogP contribution in [0.2, 0.25) is 19.1 Å². The molecule has 0 aliphatic rings. The van der Waals surface area contributed by atoms with Crippen molar-refractivity contribution >= 4 is 8.07 Å². The van der Waals surface area contributed by atoms with E-state index in [0.29, 0.717) is 5.92 Å². The molecule has 1 aromatic carbocycles. The summed E-state index contributed by atoms with van der Waals surface area (Å²) in [6.07, 6.45) is 5.51. The van der Waals surface area contributed by atoms with Crippen LogP contribution in [0.4, 0.5) is 4.39 Å². The predicted molar refractivity (Wildman–Crippen MR) is 65.9 cm³/mol. The summed E-state index contributed by atoms with van der Waals surface area (Å²) in [7, 11) is -1.50. The number of rotatable bonds is 3. The summed E-state index contributed by atoms with van der Waals surface area (Å²) in [5.74, 6) is 0.239. The lowest BCUT2D eigenvalue weighted by atomic mass is 10.0. The van der Waals surface area contributed by atoms with Gasteiger partial charge in [0, 0.05) is 0 Å². The van der Waals surface area contributed by atoms with Crippen LogP contribution in [0.25, 0.3) is 0 Å². The van der Waals surface area contributed by atoms with E-state index in [1.807, 2.05) is 12.1 Å². The largest absolute Gasteiger partial charge is 0.207 e. The highest BCUT2D eigenvalue weighted by molar-refractivity contribution is 6.85. The van der Waals surface area contributed by atoms with E-state index in [2.05, 4.69) is 25.6 Å². The van der Waals surface area contributed by atoms with Gasteiger partial charge in [0.25, 0.3) is 0 Å². The second-order valence-corrected chi connectivity index (χ2v) is 9.15. The van der Waals surface area contributed by atoms with Crippen LogP contribution in [-0.4, -0.2) is 8.07 Å². The van der Waals surface area contributed by atoms with Crippen molar-refractivity contribution < 1.29 is 4.39 Å². The summed E-state index contributed by atoms with van der Waals surface area (Å²) in [4.78, 5) is 0. The molecule has 80 valence electrons. The number of benzene rings is 1. The summed E-state index contributed by atoms with van der Waals surface area (Å²) in [5, 5.41) is 0. The lowest BCUT2D eigenvalue weighted by Gasteiger charge is -2.20. The molecule has 1 unspecified atom stereocenters. The van der Waals surface area contributed by atoms with Gasteiger partial charge in [-0.05, 0) is 29.7 Å². The fourth-order valence-corrected chi connectivity index (χ4v) is 3.62. The highest BCUT2D eigenvalue weighted by Crippen LogP contribution is 2.25. The molecule has 0 heterocycles. The molecule has 0 bridgehead atoms. The summed E-state index contributed by atoms with van der Waals surface area (Å²) < 4.78 is 12.7. The van der Waals surface area contributed by atoms with Crippen molar-refractivity contribution in [2.45, 2.75) is 32.0 Å². The molecule has 1 rings (SSSR count). The second-order valence-electron chi connectivity index (χ2n) is 4.68. The Balaban J connectivity index is 2.74. The Labute approximate surface area is 92.5 Å². The van der Waals surface area contributed by atoms with Crippen LogP contribution < -0.4 is 0 Å². The summed E-state index contributed by atoms with van der Waals surface area (Å²) >= 11 is 0. The van der Waals surface area contributed by atoms with Gasteiger partial charge < -0.3 is 0 Å². The van der Waals surface area contributed by atoms with Crippen molar-refractivity contribution in [3.63, 3.8) is 0 Å². The minimum absolute atomic E-state index is 0.181. The normalized spacial score (nSPS) is 13.3. The van der Waals surface area contributed by atoms with E-state index in [1.165, 1.54) is 17.7 Å². The fraction of sp³-hybridized carbons (Fsp3) is 0.385. The van der Waals surface area contributed by atoms with Crippen molar-refractivity contribution in [3.8, 4) is 12.0 Å². The predicted octanol–water partition coefficient (Wildman–Crippen LogP) is 3.81. The van der Waals surface area contributed by atoms with E-state index in [9.17, 15) is 4.39 Å². The SMILES string of the molecule is C#C[Si](C)(C)CC(C)c1ccc(F)cc1. The van der Waals surface area contributed by atoms with Gasteiger partial charge in [-0.1, -0.05) is 32.2 Å². The third-order valence-electron chi connectivity index (χ3n) is 2.65. The Morgan fingerprint density at radius 3 is 2.33 bits per heavy atom. The van der Waals surface area contributed by atoms with Crippen LogP contribution in [0, 0.1) is 17.8 Å². The number of hydrogen-bond donors (Lipinski definition) is 0. The molecule has 15 heavy (non-hydrogen) atoms. The topological polar surface area (TPSA) is 0 Å². The minimum Gasteiger partial charge on any atom is -0.207 e. The third-order valence-corrected chi connectivity index (χ3v) is 5.06. The molecule has 1 aromatic rings. The molecule has 0 radical (unpaired) electrons. The quantitative estimate of drug-likeness (QED) is 0.537. The number of terminal acetylenes is 1.